The van der Waals surface area contributed by atoms with E-state index >= 15 is 0 Å². The Balaban J connectivity index is 1.62. The van der Waals surface area contributed by atoms with Crippen molar-refractivity contribution in [2.24, 2.45) is 0 Å². The third-order valence-electron chi connectivity index (χ3n) is 5.74. The molecule has 0 bridgehead atoms. The number of carbonyl (C=O) groups is 1. The molecule has 0 radical (unpaired) electrons. The third-order valence-corrected chi connectivity index (χ3v) is 5.74. The first kappa shape index (κ1) is 20.1. The van der Waals surface area contributed by atoms with Crippen molar-refractivity contribution in [3.8, 4) is 11.4 Å². The quantitative estimate of drug-likeness (QED) is 0.438. The lowest BCUT2D eigenvalue weighted by atomic mass is 10.1. The summed E-state index contributed by atoms with van der Waals surface area (Å²) in [5.74, 6) is -0.0899. The normalized spacial score (nSPS) is 14.5. The number of hydrogen-bond acceptors (Lipinski definition) is 4. The minimum Gasteiger partial charge on any atom is -0.396 e. The highest BCUT2D eigenvalue weighted by Crippen LogP contribution is 2.33. The Bertz CT molecular complexity index is 1430. The first-order chi connectivity index (χ1) is 15.2. The summed E-state index contributed by atoms with van der Waals surface area (Å²) in [5.41, 5.74) is 6.29. The first-order valence-electron chi connectivity index (χ1n) is 10.0. The Kier molecular flexibility index (Phi) is 4.47. The minimum atomic E-state index is -4.54. The van der Waals surface area contributed by atoms with E-state index in [9.17, 15) is 22.8 Å². The van der Waals surface area contributed by atoms with Crippen molar-refractivity contribution in [1.82, 2.24) is 19.9 Å². The number of nitrogens with one attached hydrogen (secondary N) is 2. The summed E-state index contributed by atoms with van der Waals surface area (Å²) >= 11 is 0. The van der Waals surface area contributed by atoms with Gasteiger partial charge in [-0.15, -0.1) is 0 Å². The predicted octanol–water partition coefficient (Wildman–Crippen LogP) is 3.91. The van der Waals surface area contributed by atoms with Crippen LogP contribution in [0.2, 0.25) is 0 Å². The second kappa shape index (κ2) is 7.11. The molecule has 1 fully saturated rings. The summed E-state index contributed by atoms with van der Waals surface area (Å²) in [6, 6.07) is 7.95. The van der Waals surface area contributed by atoms with Crippen LogP contribution in [0.15, 0.2) is 41.2 Å². The van der Waals surface area contributed by atoms with Gasteiger partial charge in [0.05, 0.1) is 28.0 Å². The lowest BCUT2D eigenvalue weighted by Gasteiger charge is -2.15. The van der Waals surface area contributed by atoms with Gasteiger partial charge in [0.25, 0.3) is 11.5 Å². The molecule has 164 valence electrons. The Morgan fingerprint density at radius 2 is 1.75 bits per heavy atom. The number of nitrogen functional groups attached to an aromatic ring is 1. The van der Waals surface area contributed by atoms with E-state index in [0.29, 0.717) is 29.6 Å². The number of likely N-dealkylation sites (tertiary alicyclic amines) is 1. The predicted molar refractivity (Wildman–Crippen MR) is 114 cm³/mol. The summed E-state index contributed by atoms with van der Waals surface area (Å²) < 4.78 is 39.2. The van der Waals surface area contributed by atoms with Crippen LogP contribution in [-0.4, -0.2) is 38.8 Å². The van der Waals surface area contributed by atoms with Gasteiger partial charge in [-0.3, -0.25) is 9.59 Å². The molecule has 4 aromatic rings. The fourth-order valence-corrected chi connectivity index (χ4v) is 4.06. The number of fused-ring (bicyclic) bond motifs is 2. The zero-order valence-corrected chi connectivity index (χ0v) is 16.7. The standard InChI is InChI=1S/C22H18F3N5O2/c23-22(24,25)12-4-6-15-16(10-12)28-19(20(31)29-15)18-17(26)13-9-11(3-5-14(13)27-18)21(32)30-7-1-2-8-30/h3-6,9-10,27H,1-2,7-8,26H2,(H,29,31). The molecule has 4 N–H and O–H groups in total. The van der Waals surface area contributed by atoms with Crippen LogP contribution >= 0.6 is 0 Å². The molecule has 2 aromatic carbocycles. The number of aromatic nitrogens is 3. The van der Waals surface area contributed by atoms with Crippen LogP contribution in [-0.2, 0) is 6.18 Å². The van der Waals surface area contributed by atoms with Gasteiger partial charge in [0.15, 0.2) is 5.69 Å². The number of halogens is 3. The Morgan fingerprint density at radius 3 is 2.47 bits per heavy atom. The number of benzene rings is 2. The van der Waals surface area contributed by atoms with Gasteiger partial charge < -0.3 is 20.6 Å². The van der Waals surface area contributed by atoms with E-state index < -0.39 is 17.3 Å². The monoisotopic (exact) mass is 441 g/mol. The fourth-order valence-electron chi connectivity index (χ4n) is 4.06. The van der Waals surface area contributed by atoms with Crippen molar-refractivity contribution < 1.29 is 18.0 Å². The van der Waals surface area contributed by atoms with Crippen LogP contribution in [0, 0.1) is 0 Å². The number of H-pyrrole nitrogens is 2. The summed E-state index contributed by atoms with van der Waals surface area (Å²) in [5, 5.41) is 0.537. The van der Waals surface area contributed by atoms with Crippen molar-refractivity contribution >= 4 is 33.5 Å². The lowest BCUT2D eigenvalue weighted by Crippen LogP contribution is -2.27. The molecule has 5 rings (SSSR count). The molecule has 32 heavy (non-hydrogen) atoms. The molecule has 10 heteroatoms. The number of nitrogens with two attached hydrogens (primary N) is 1. The molecule has 0 spiro atoms. The molecule has 0 saturated carbocycles. The van der Waals surface area contributed by atoms with E-state index in [4.69, 9.17) is 5.73 Å². The topological polar surface area (TPSA) is 108 Å². The average molecular weight is 441 g/mol. The molecular weight excluding hydrogens is 423 g/mol. The molecular formula is C22H18F3N5O2. The van der Waals surface area contributed by atoms with E-state index in [1.807, 2.05) is 0 Å². The highest BCUT2D eigenvalue weighted by Gasteiger charge is 2.31. The van der Waals surface area contributed by atoms with E-state index in [-0.39, 0.29) is 34.0 Å². The number of rotatable bonds is 2. The Morgan fingerprint density at radius 1 is 1.03 bits per heavy atom. The first-order valence-corrected chi connectivity index (χ1v) is 10.0. The highest BCUT2D eigenvalue weighted by atomic mass is 19.4. The molecule has 7 nitrogen and oxygen atoms in total. The lowest BCUT2D eigenvalue weighted by molar-refractivity contribution is -0.137. The van der Waals surface area contributed by atoms with Crippen molar-refractivity contribution in [2.45, 2.75) is 19.0 Å². The van der Waals surface area contributed by atoms with Crippen LogP contribution < -0.4 is 11.3 Å². The van der Waals surface area contributed by atoms with E-state index in [1.54, 1.807) is 23.1 Å². The van der Waals surface area contributed by atoms with Gasteiger partial charge in [-0.1, -0.05) is 0 Å². The summed E-state index contributed by atoms with van der Waals surface area (Å²) in [7, 11) is 0. The number of carbonyl (C=O) groups excluding carboxylic acids is 1. The van der Waals surface area contributed by atoms with Crippen molar-refractivity contribution in [3.63, 3.8) is 0 Å². The van der Waals surface area contributed by atoms with Gasteiger partial charge in [-0.25, -0.2) is 4.98 Å². The molecule has 1 aliphatic heterocycles. The van der Waals surface area contributed by atoms with E-state index in [2.05, 4.69) is 15.0 Å². The number of hydrogen-bond donors (Lipinski definition) is 3. The van der Waals surface area contributed by atoms with Gasteiger partial charge in [0.2, 0.25) is 0 Å². The van der Waals surface area contributed by atoms with Crippen LogP contribution in [0.4, 0.5) is 18.9 Å². The Hall–Kier alpha value is -3.82. The van der Waals surface area contributed by atoms with Gasteiger partial charge in [-0.2, -0.15) is 13.2 Å². The zero-order valence-electron chi connectivity index (χ0n) is 16.7. The average Bonchev–Trinajstić information content (AvgIpc) is 3.40. The highest BCUT2D eigenvalue weighted by molar-refractivity contribution is 6.04. The fraction of sp³-hybridized carbons (Fsp3) is 0.227. The van der Waals surface area contributed by atoms with Crippen molar-refractivity contribution in [1.29, 1.82) is 0 Å². The Labute approximate surface area is 179 Å². The van der Waals surface area contributed by atoms with E-state index in [1.165, 1.54) is 6.07 Å². The van der Waals surface area contributed by atoms with Gasteiger partial charge >= 0.3 is 6.18 Å². The summed E-state index contributed by atoms with van der Waals surface area (Å²) in [4.78, 5) is 36.8. The van der Waals surface area contributed by atoms with Crippen LogP contribution in [0.5, 0.6) is 0 Å². The van der Waals surface area contributed by atoms with Gasteiger partial charge in [0, 0.05) is 29.6 Å². The molecule has 1 amide bonds. The number of anilines is 1. The van der Waals surface area contributed by atoms with Crippen LogP contribution in [0.3, 0.4) is 0 Å². The van der Waals surface area contributed by atoms with Crippen molar-refractivity contribution in [3.05, 3.63) is 57.9 Å². The number of nitrogens with zero attached hydrogens (tertiary/aromatic N) is 2. The van der Waals surface area contributed by atoms with Crippen LogP contribution in [0.1, 0.15) is 28.8 Å². The van der Waals surface area contributed by atoms with Gasteiger partial charge in [-0.05, 0) is 49.2 Å². The summed E-state index contributed by atoms with van der Waals surface area (Å²) in [6.45, 7) is 1.42. The zero-order chi connectivity index (χ0) is 22.6. The molecule has 1 aliphatic rings. The molecule has 0 aliphatic carbocycles. The van der Waals surface area contributed by atoms with Gasteiger partial charge in [0.1, 0.15) is 0 Å². The molecule has 0 unspecified atom stereocenters. The maximum atomic E-state index is 13.1. The second-order valence-corrected chi connectivity index (χ2v) is 7.82. The maximum absolute atomic E-state index is 13.1. The minimum absolute atomic E-state index is 0.0163. The molecule has 0 atom stereocenters. The smallest absolute Gasteiger partial charge is 0.396 e. The number of amides is 1. The molecule has 3 heterocycles. The SMILES string of the molecule is Nc1c(-c2nc3cc(C(F)(F)F)ccc3[nH]c2=O)[nH]c2ccc(C(=O)N3CCCC3)cc12. The second-order valence-electron chi connectivity index (χ2n) is 7.82. The number of alkyl halides is 3. The third kappa shape index (κ3) is 3.28. The largest absolute Gasteiger partial charge is 0.416 e. The maximum Gasteiger partial charge on any atom is 0.416 e. The molecule has 2 aromatic heterocycles. The van der Waals surface area contributed by atoms with E-state index in [0.717, 1.165) is 25.0 Å². The van der Waals surface area contributed by atoms with Crippen molar-refractivity contribution in [2.75, 3.05) is 18.8 Å². The molecule has 1 saturated heterocycles. The summed E-state index contributed by atoms with van der Waals surface area (Å²) in [6.07, 6.45) is -2.60. The number of aromatic amines is 2. The van der Waals surface area contributed by atoms with Crippen LogP contribution in [0.25, 0.3) is 33.3 Å².